The molecule has 55 heavy (non-hydrogen) atoms. The first-order valence-electron chi connectivity index (χ1n) is 19.1. The predicted molar refractivity (Wildman–Crippen MR) is 225 cm³/mol. The lowest BCUT2D eigenvalue weighted by atomic mass is 9.73. The molecule has 6 nitrogen and oxygen atoms in total. The fraction of sp³-hybridized carbons (Fsp3) is 0.306. The van der Waals surface area contributed by atoms with E-state index in [2.05, 4.69) is 31.7 Å². The Morgan fingerprint density at radius 2 is 1.24 bits per heavy atom. The molecule has 2 N–H and O–H groups in total. The van der Waals surface area contributed by atoms with Crippen molar-refractivity contribution in [1.29, 1.82) is 0 Å². The van der Waals surface area contributed by atoms with Crippen molar-refractivity contribution in [3.05, 3.63) is 185 Å². The Hall–Kier alpha value is -5.30. The summed E-state index contributed by atoms with van der Waals surface area (Å²) in [6.07, 6.45) is 15.6. The molecule has 0 heterocycles. The highest BCUT2D eigenvalue weighted by molar-refractivity contribution is 5.52. The maximum atomic E-state index is 12.7. The summed E-state index contributed by atoms with van der Waals surface area (Å²) < 4.78 is 21.7. The number of allylic oxidation sites excluding steroid dienone is 5. The minimum atomic E-state index is -1.40. The van der Waals surface area contributed by atoms with Gasteiger partial charge in [-0.3, -0.25) is 0 Å². The summed E-state index contributed by atoms with van der Waals surface area (Å²) in [5, 5.41) is 25.3. The quantitative estimate of drug-likeness (QED) is 0.105. The smallest absolute Gasteiger partial charge is 0.140 e. The molecule has 2 atom stereocenters. The lowest BCUT2D eigenvalue weighted by Crippen LogP contribution is -2.35. The van der Waals surface area contributed by atoms with Crippen LogP contribution in [-0.4, -0.2) is 38.7 Å². The van der Waals surface area contributed by atoms with Crippen LogP contribution >= 0.6 is 0 Å². The summed E-state index contributed by atoms with van der Waals surface area (Å²) in [6, 6.07) is 31.0. The molecular weight excluding hydrogens is 685 g/mol. The fourth-order valence-electron chi connectivity index (χ4n) is 7.16. The van der Waals surface area contributed by atoms with Crippen LogP contribution in [0.2, 0.25) is 0 Å². The Bertz CT molecular complexity index is 1890. The van der Waals surface area contributed by atoms with Crippen molar-refractivity contribution in [2.45, 2.75) is 64.1 Å². The van der Waals surface area contributed by atoms with Gasteiger partial charge < -0.3 is 29.2 Å². The molecule has 1 aliphatic carbocycles. The second-order valence-corrected chi connectivity index (χ2v) is 13.2. The summed E-state index contributed by atoms with van der Waals surface area (Å²) in [4.78, 5) is 0. The Labute approximate surface area is 328 Å². The van der Waals surface area contributed by atoms with Gasteiger partial charge in [-0.25, -0.2) is 0 Å². The van der Waals surface area contributed by atoms with Crippen LogP contribution in [0.1, 0.15) is 74.3 Å². The molecule has 2 unspecified atom stereocenters. The zero-order valence-electron chi connectivity index (χ0n) is 33.5. The average Bonchev–Trinajstić information content (AvgIpc) is 3.51. The van der Waals surface area contributed by atoms with E-state index >= 15 is 0 Å². The van der Waals surface area contributed by atoms with Crippen molar-refractivity contribution in [3.63, 3.8) is 0 Å². The van der Waals surface area contributed by atoms with Gasteiger partial charge in [0, 0.05) is 5.92 Å². The van der Waals surface area contributed by atoms with Crippen LogP contribution < -0.4 is 14.2 Å². The van der Waals surface area contributed by atoms with Gasteiger partial charge >= 0.3 is 0 Å². The standard InChI is InChI=1S/C47H52O6.C2H6/c1-7-34(17-18-36(8-2)46(48,38-20-27-43(51-4)28-21-38)39-22-29-44(52-5)30-23-39)15-16-35-11-9-13-41(33-35)47(49,40-24-31-45(53-6)32-25-40)37-12-10-14-42(50-3)26-19-37;1-2/h7-9,11-14,19-33,36,48-49H,2,10,15-18H2,1,3-6H3;1-2H3/b34-7-;. The highest BCUT2D eigenvalue weighted by Gasteiger charge is 2.39. The third-order valence-electron chi connectivity index (χ3n) is 10.4. The van der Waals surface area contributed by atoms with Crippen LogP contribution in [0.3, 0.4) is 0 Å². The van der Waals surface area contributed by atoms with Gasteiger partial charge in [0.1, 0.15) is 34.2 Å². The Balaban J connectivity index is 0.00000331. The molecule has 0 amide bonds. The van der Waals surface area contributed by atoms with Gasteiger partial charge in [-0.05, 0) is 121 Å². The molecule has 290 valence electrons. The van der Waals surface area contributed by atoms with E-state index in [-0.39, 0.29) is 5.92 Å². The first-order chi connectivity index (χ1) is 26.7. The van der Waals surface area contributed by atoms with Crippen molar-refractivity contribution >= 4 is 0 Å². The summed E-state index contributed by atoms with van der Waals surface area (Å²) in [5.74, 6) is 2.65. The summed E-state index contributed by atoms with van der Waals surface area (Å²) in [7, 11) is 6.56. The highest BCUT2D eigenvalue weighted by Crippen LogP contribution is 2.43. The van der Waals surface area contributed by atoms with Crippen molar-refractivity contribution < 1.29 is 29.2 Å². The summed E-state index contributed by atoms with van der Waals surface area (Å²) in [6.45, 7) is 10.3. The first-order valence-corrected chi connectivity index (χ1v) is 19.1. The summed E-state index contributed by atoms with van der Waals surface area (Å²) >= 11 is 0. The van der Waals surface area contributed by atoms with Gasteiger partial charge in [0.2, 0.25) is 0 Å². The molecule has 0 bridgehead atoms. The number of hydrogen-bond acceptors (Lipinski definition) is 6. The summed E-state index contributed by atoms with van der Waals surface area (Å²) in [5.41, 5.74) is 3.53. The number of aliphatic hydroxyl groups is 2. The molecule has 4 aromatic rings. The molecule has 6 heteroatoms. The minimum Gasteiger partial charge on any atom is -0.497 e. The molecule has 0 fully saturated rings. The molecule has 0 saturated heterocycles. The third kappa shape index (κ3) is 9.88. The van der Waals surface area contributed by atoms with Crippen molar-refractivity contribution in [2.24, 2.45) is 5.92 Å². The minimum absolute atomic E-state index is 0.281. The zero-order chi connectivity index (χ0) is 39.8. The Morgan fingerprint density at radius 3 is 1.73 bits per heavy atom. The second-order valence-electron chi connectivity index (χ2n) is 13.2. The van der Waals surface area contributed by atoms with Gasteiger partial charge in [-0.2, -0.15) is 0 Å². The van der Waals surface area contributed by atoms with Gasteiger partial charge in [0.15, 0.2) is 0 Å². The SMILES string of the molecule is C=CC(CC/C(=C\C)CCc1cccc(C(O)(C2=CCC=C(OC)C=C2)c2ccc(OC)cc2)c1)C(O)(c1ccc(OC)cc1)c1ccc(OC)cc1.CC. The maximum Gasteiger partial charge on any atom is 0.140 e. The predicted octanol–water partition coefficient (Wildman–Crippen LogP) is 10.8. The van der Waals surface area contributed by atoms with Crippen molar-refractivity contribution in [1.82, 2.24) is 0 Å². The maximum absolute atomic E-state index is 12.7. The molecule has 0 saturated carbocycles. The fourth-order valence-corrected chi connectivity index (χ4v) is 7.16. The molecule has 4 aromatic carbocycles. The molecule has 0 spiro atoms. The monoisotopic (exact) mass is 742 g/mol. The molecule has 0 radical (unpaired) electrons. The lowest BCUT2D eigenvalue weighted by molar-refractivity contribution is 0.0329. The van der Waals surface area contributed by atoms with Gasteiger partial charge in [-0.15, -0.1) is 6.58 Å². The number of rotatable bonds is 17. The van der Waals surface area contributed by atoms with E-state index in [1.807, 2.05) is 129 Å². The normalized spacial score (nSPS) is 14.5. The van der Waals surface area contributed by atoms with E-state index in [0.717, 1.165) is 75.7 Å². The van der Waals surface area contributed by atoms with Gasteiger partial charge in [0.25, 0.3) is 0 Å². The van der Waals surface area contributed by atoms with Gasteiger partial charge in [-0.1, -0.05) is 104 Å². The number of hydrogen-bond donors (Lipinski definition) is 2. The van der Waals surface area contributed by atoms with Gasteiger partial charge in [0.05, 0.1) is 28.4 Å². The Kier molecular flexibility index (Phi) is 15.7. The molecular formula is C49H58O6. The third-order valence-corrected chi connectivity index (χ3v) is 10.4. The van der Waals surface area contributed by atoms with Crippen LogP contribution in [0.5, 0.6) is 17.2 Å². The molecule has 0 aromatic heterocycles. The van der Waals surface area contributed by atoms with E-state index in [9.17, 15) is 10.2 Å². The number of methoxy groups -OCH3 is 4. The highest BCUT2D eigenvalue weighted by atomic mass is 16.5. The molecule has 0 aliphatic heterocycles. The van der Waals surface area contributed by atoms with Crippen LogP contribution in [0, 0.1) is 5.92 Å². The van der Waals surface area contributed by atoms with Crippen LogP contribution in [-0.2, 0) is 22.4 Å². The zero-order valence-corrected chi connectivity index (χ0v) is 33.5. The van der Waals surface area contributed by atoms with Crippen molar-refractivity contribution in [2.75, 3.05) is 28.4 Å². The van der Waals surface area contributed by atoms with E-state index < -0.39 is 11.2 Å². The van der Waals surface area contributed by atoms with E-state index in [0.29, 0.717) is 12.8 Å². The Morgan fingerprint density at radius 1 is 0.691 bits per heavy atom. The van der Waals surface area contributed by atoms with E-state index in [4.69, 9.17) is 18.9 Å². The molecule has 1 aliphatic rings. The molecule has 5 rings (SSSR count). The van der Waals surface area contributed by atoms with E-state index in [1.54, 1.807) is 28.4 Å². The van der Waals surface area contributed by atoms with Crippen molar-refractivity contribution in [3.8, 4) is 17.2 Å². The topological polar surface area (TPSA) is 77.4 Å². The lowest BCUT2D eigenvalue weighted by Gasteiger charge is -2.36. The largest absolute Gasteiger partial charge is 0.497 e. The number of benzene rings is 4. The number of ether oxygens (including phenoxy) is 4. The average molecular weight is 743 g/mol. The number of aryl methyl sites for hydroxylation is 1. The van der Waals surface area contributed by atoms with Crippen LogP contribution in [0.15, 0.2) is 157 Å². The second kappa shape index (κ2) is 20.4. The first kappa shape index (κ1) is 42.4. The van der Waals surface area contributed by atoms with Crippen LogP contribution in [0.25, 0.3) is 0 Å². The van der Waals surface area contributed by atoms with Crippen LogP contribution in [0.4, 0.5) is 0 Å². The van der Waals surface area contributed by atoms with E-state index in [1.165, 1.54) is 5.57 Å².